The lowest BCUT2D eigenvalue weighted by atomic mass is 10.3. The highest BCUT2D eigenvalue weighted by atomic mass is 19.1. The van der Waals surface area contributed by atoms with Gasteiger partial charge in [0.25, 0.3) is 0 Å². The van der Waals surface area contributed by atoms with Crippen molar-refractivity contribution in [3.05, 3.63) is 36.5 Å². The lowest BCUT2D eigenvalue weighted by Gasteiger charge is -2.04. The van der Waals surface area contributed by atoms with E-state index in [1.54, 1.807) is 6.92 Å². The van der Waals surface area contributed by atoms with Gasteiger partial charge in [0.15, 0.2) is 11.6 Å². The maximum Gasteiger partial charge on any atom is 0.158 e. The number of halogens is 1. The standard InChI is InChI=1S/C8H12FNO/c1-4-11-8(7(3)9)5-6(2)10/h5H,2-4,10H2,1H3/b8-5+. The second kappa shape index (κ2) is 4.55. The van der Waals surface area contributed by atoms with Gasteiger partial charge in [-0.25, -0.2) is 4.39 Å². The van der Waals surface area contributed by atoms with Crippen LogP contribution in [0.4, 0.5) is 4.39 Å². The Morgan fingerprint density at radius 3 is 2.45 bits per heavy atom. The Bertz CT molecular complexity index is 196. The first kappa shape index (κ1) is 9.75. The Balaban J connectivity index is 4.32. The Kier molecular flexibility index (Phi) is 4.03. The van der Waals surface area contributed by atoms with Gasteiger partial charge in [0, 0.05) is 11.8 Å². The first-order valence-corrected chi connectivity index (χ1v) is 3.21. The van der Waals surface area contributed by atoms with E-state index in [1.165, 1.54) is 6.08 Å². The predicted octanol–water partition coefficient (Wildman–Crippen LogP) is 1.86. The summed E-state index contributed by atoms with van der Waals surface area (Å²) in [5.74, 6) is -0.599. The normalized spacial score (nSPS) is 10.9. The molecule has 0 aromatic carbocycles. The van der Waals surface area contributed by atoms with Crippen LogP contribution in [-0.2, 0) is 4.74 Å². The van der Waals surface area contributed by atoms with E-state index in [0.717, 1.165) is 0 Å². The molecule has 0 bridgehead atoms. The fourth-order valence-corrected chi connectivity index (χ4v) is 0.522. The summed E-state index contributed by atoms with van der Waals surface area (Å²) in [6.45, 7) is 8.57. The Labute approximate surface area is 65.8 Å². The summed E-state index contributed by atoms with van der Waals surface area (Å²) >= 11 is 0. The van der Waals surface area contributed by atoms with E-state index in [-0.39, 0.29) is 11.5 Å². The van der Waals surface area contributed by atoms with Crippen molar-refractivity contribution in [2.45, 2.75) is 6.92 Å². The van der Waals surface area contributed by atoms with Crippen LogP contribution in [0.5, 0.6) is 0 Å². The van der Waals surface area contributed by atoms with Crippen LogP contribution in [0.1, 0.15) is 6.92 Å². The van der Waals surface area contributed by atoms with E-state index < -0.39 is 5.83 Å². The number of hydrogen-bond acceptors (Lipinski definition) is 2. The molecule has 2 nitrogen and oxygen atoms in total. The molecule has 0 aliphatic carbocycles. The zero-order chi connectivity index (χ0) is 8.85. The molecule has 0 aliphatic heterocycles. The molecule has 0 atom stereocenters. The molecule has 0 aromatic heterocycles. The maximum atomic E-state index is 12.4. The van der Waals surface area contributed by atoms with Crippen LogP contribution in [0.3, 0.4) is 0 Å². The molecule has 0 fully saturated rings. The van der Waals surface area contributed by atoms with Crippen LogP contribution in [0.2, 0.25) is 0 Å². The summed E-state index contributed by atoms with van der Waals surface area (Å²) in [5, 5.41) is 0. The third-order valence-electron chi connectivity index (χ3n) is 0.884. The molecule has 0 radical (unpaired) electrons. The van der Waals surface area contributed by atoms with E-state index in [1.807, 2.05) is 0 Å². The highest BCUT2D eigenvalue weighted by Crippen LogP contribution is 2.11. The van der Waals surface area contributed by atoms with Crippen molar-refractivity contribution in [1.29, 1.82) is 0 Å². The van der Waals surface area contributed by atoms with Crippen molar-refractivity contribution in [3.8, 4) is 0 Å². The lowest BCUT2D eigenvalue weighted by molar-refractivity contribution is 0.225. The van der Waals surface area contributed by atoms with Gasteiger partial charge >= 0.3 is 0 Å². The first-order chi connectivity index (χ1) is 5.07. The fourth-order valence-electron chi connectivity index (χ4n) is 0.522. The topological polar surface area (TPSA) is 35.2 Å². The number of allylic oxidation sites excluding steroid dienone is 2. The molecular formula is C8H12FNO. The number of hydrogen-bond donors (Lipinski definition) is 1. The molecule has 0 saturated heterocycles. The maximum absolute atomic E-state index is 12.4. The summed E-state index contributed by atoms with van der Waals surface area (Å²) in [5.41, 5.74) is 5.45. The predicted molar refractivity (Wildman–Crippen MR) is 43.3 cm³/mol. The number of ether oxygens (including phenoxy) is 1. The van der Waals surface area contributed by atoms with E-state index in [2.05, 4.69) is 13.2 Å². The SMILES string of the molecule is C=C(N)/C=C(/OCC)C(=C)F. The molecule has 62 valence electrons. The molecule has 0 rings (SSSR count). The van der Waals surface area contributed by atoms with Gasteiger partial charge in [0.1, 0.15) is 0 Å². The van der Waals surface area contributed by atoms with Crippen molar-refractivity contribution < 1.29 is 9.13 Å². The second-order valence-electron chi connectivity index (χ2n) is 1.92. The van der Waals surface area contributed by atoms with Gasteiger partial charge in [0.05, 0.1) is 6.61 Å². The van der Waals surface area contributed by atoms with Crippen LogP contribution in [0, 0.1) is 0 Å². The van der Waals surface area contributed by atoms with Crippen LogP contribution in [0.25, 0.3) is 0 Å². The molecule has 0 unspecified atom stereocenters. The minimum absolute atomic E-state index is 0.0417. The van der Waals surface area contributed by atoms with Gasteiger partial charge in [-0.2, -0.15) is 0 Å². The van der Waals surface area contributed by atoms with E-state index >= 15 is 0 Å². The monoisotopic (exact) mass is 157 g/mol. The lowest BCUT2D eigenvalue weighted by Crippen LogP contribution is -1.96. The largest absolute Gasteiger partial charge is 0.491 e. The smallest absolute Gasteiger partial charge is 0.158 e. The van der Waals surface area contributed by atoms with E-state index in [9.17, 15) is 4.39 Å². The van der Waals surface area contributed by atoms with Gasteiger partial charge < -0.3 is 10.5 Å². The molecule has 2 N–H and O–H groups in total. The van der Waals surface area contributed by atoms with Crippen LogP contribution in [-0.4, -0.2) is 6.61 Å². The third-order valence-corrected chi connectivity index (χ3v) is 0.884. The first-order valence-electron chi connectivity index (χ1n) is 3.21. The molecule has 0 aromatic rings. The number of nitrogens with two attached hydrogens (primary N) is 1. The minimum atomic E-state index is -0.640. The summed E-state index contributed by atoms with van der Waals surface area (Å²) in [6, 6.07) is 0. The van der Waals surface area contributed by atoms with Crippen molar-refractivity contribution >= 4 is 0 Å². The molecule has 11 heavy (non-hydrogen) atoms. The van der Waals surface area contributed by atoms with Gasteiger partial charge in [-0.3, -0.25) is 0 Å². The van der Waals surface area contributed by atoms with E-state index in [4.69, 9.17) is 10.5 Å². The second-order valence-corrected chi connectivity index (χ2v) is 1.92. The highest BCUT2D eigenvalue weighted by molar-refractivity contribution is 5.24. The van der Waals surface area contributed by atoms with Crippen LogP contribution >= 0.6 is 0 Å². The zero-order valence-corrected chi connectivity index (χ0v) is 6.56. The average molecular weight is 157 g/mol. The van der Waals surface area contributed by atoms with Crippen molar-refractivity contribution in [2.24, 2.45) is 5.73 Å². The third kappa shape index (κ3) is 4.19. The minimum Gasteiger partial charge on any atom is -0.491 e. The molecular weight excluding hydrogens is 145 g/mol. The van der Waals surface area contributed by atoms with Crippen molar-refractivity contribution in [2.75, 3.05) is 6.61 Å². The molecule has 0 heterocycles. The summed E-state index contributed by atoms with van der Waals surface area (Å²) in [6.07, 6.45) is 1.30. The molecule has 0 spiro atoms. The summed E-state index contributed by atoms with van der Waals surface area (Å²) < 4.78 is 17.3. The van der Waals surface area contributed by atoms with Crippen LogP contribution < -0.4 is 5.73 Å². The zero-order valence-electron chi connectivity index (χ0n) is 6.56. The average Bonchev–Trinajstić information content (AvgIpc) is 1.86. The molecule has 3 heteroatoms. The van der Waals surface area contributed by atoms with Gasteiger partial charge in [-0.05, 0) is 6.92 Å². The summed E-state index contributed by atoms with van der Waals surface area (Å²) in [4.78, 5) is 0. The Hall–Kier alpha value is -1.25. The van der Waals surface area contributed by atoms with Crippen molar-refractivity contribution in [3.63, 3.8) is 0 Å². The Morgan fingerprint density at radius 2 is 2.18 bits per heavy atom. The van der Waals surface area contributed by atoms with Gasteiger partial charge in [-0.1, -0.05) is 13.2 Å². The molecule has 0 saturated carbocycles. The molecule has 0 aliphatic rings. The van der Waals surface area contributed by atoms with E-state index in [0.29, 0.717) is 6.61 Å². The molecule has 0 amide bonds. The Morgan fingerprint density at radius 1 is 1.64 bits per heavy atom. The highest BCUT2D eigenvalue weighted by Gasteiger charge is 2.00. The number of rotatable bonds is 4. The fraction of sp³-hybridized carbons (Fsp3) is 0.250. The summed E-state index contributed by atoms with van der Waals surface area (Å²) in [7, 11) is 0. The van der Waals surface area contributed by atoms with Gasteiger partial charge in [0.2, 0.25) is 0 Å². The quantitative estimate of drug-likeness (QED) is 0.499. The van der Waals surface area contributed by atoms with Gasteiger partial charge in [-0.15, -0.1) is 0 Å². The van der Waals surface area contributed by atoms with Crippen LogP contribution in [0.15, 0.2) is 36.5 Å². The van der Waals surface area contributed by atoms with Crippen molar-refractivity contribution in [1.82, 2.24) is 0 Å².